The lowest BCUT2D eigenvalue weighted by Crippen LogP contribution is -2.70. The summed E-state index contributed by atoms with van der Waals surface area (Å²) in [6, 6.07) is 12.7. The zero-order chi connectivity index (χ0) is 37.3. The maximum absolute atomic E-state index is 13.6. The van der Waals surface area contributed by atoms with Crippen molar-refractivity contribution in [3.63, 3.8) is 0 Å². The average molecular weight is 737 g/mol. The summed E-state index contributed by atoms with van der Waals surface area (Å²) in [5.41, 5.74) is 4.14. The number of aromatic nitrogens is 1. The fraction of sp³-hybridized carbons (Fsp3) is 0.459. The molecule has 16 heteroatoms. The number of nitrogens with one attached hydrogen (secondary N) is 3. The summed E-state index contributed by atoms with van der Waals surface area (Å²) in [4.78, 5) is 29.0. The van der Waals surface area contributed by atoms with E-state index in [1.807, 2.05) is 6.07 Å². The van der Waals surface area contributed by atoms with Gasteiger partial charge >= 0.3 is 5.97 Å². The molecule has 4 heterocycles. The van der Waals surface area contributed by atoms with Crippen molar-refractivity contribution in [3.8, 4) is 34.3 Å². The van der Waals surface area contributed by atoms with E-state index in [1.165, 1.54) is 12.1 Å². The lowest BCUT2D eigenvalue weighted by atomic mass is 9.79. The lowest BCUT2D eigenvalue weighted by Gasteiger charge is -2.47. The molecule has 0 radical (unpaired) electrons. The molecule has 2 aromatic heterocycles. The van der Waals surface area contributed by atoms with E-state index < -0.39 is 53.4 Å². The second-order valence-corrected chi connectivity index (χ2v) is 13.8. The summed E-state index contributed by atoms with van der Waals surface area (Å²) in [7, 11) is 0. The quantitative estimate of drug-likeness (QED) is 0.101. The minimum atomic E-state index is -2.39. The molecule has 1 saturated carbocycles. The molecule has 7 rings (SSSR count). The van der Waals surface area contributed by atoms with Crippen LogP contribution in [0, 0.1) is 0 Å². The number of ether oxygens (including phenoxy) is 4. The second kappa shape index (κ2) is 15.3. The number of fused-ring (bicyclic) bond motifs is 1. The van der Waals surface area contributed by atoms with Gasteiger partial charge in [0.05, 0.1) is 12.7 Å². The van der Waals surface area contributed by atoms with Crippen molar-refractivity contribution in [2.75, 3.05) is 25.6 Å². The smallest absolute Gasteiger partial charge is 0.336 e. The largest absolute Gasteiger partial charge is 0.504 e. The number of carboxylic acid groups (broad SMARTS) is 1. The van der Waals surface area contributed by atoms with Gasteiger partial charge in [-0.2, -0.15) is 0 Å². The number of aromatic amines is 1. The first-order chi connectivity index (χ1) is 25.5. The summed E-state index contributed by atoms with van der Waals surface area (Å²) in [5, 5.41) is 61.3. The number of aromatic hydroxyl groups is 1. The number of benzene rings is 2. The van der Waals surface area contributed by atoms with Crippen LogP contribution in [0.1, 0.15) is 44.2 Å². The number of phenols is 1. The third kappa shape index (κ3) is 7.65. The highest BCUT2D eigenvalue weighted by atomic mass is 16.7. The number of aliphatic hydroxyl groups is 3. The van der Waals surface area contributed by atoms with Crippen molar-refractivity contribution in [1.29, 1.82) is 0 Å². The standard InChI is InChI=1S/C37H44N4O12/c38-28-11-8-20(41-28)12-13-49-22-9-6-19(7-10-22)25-14-24(42)29-26(51-25)15-27(32(30(29)43)50-23-4-2-1-3-5-23)52-36-31(44)33(45)37(48,34(53-36)35(46)47)16-21-17-39-18-40-21/h6-11,14-15,21,23,31,33-34,36,39-41,43-45,48H,1-5,12-13,16-18,38H2,(H,46,47)/t21-,31-,33+,34-,36-,37+/m1/s1. The minimum Gasteiger partial charge on any atom is -0.504 e. The predicted octanol–water partition coefficient (Wildman–Crippen LogP) is 1.96. The van der Waals surface area contributed by atoms with Crippen molar-refractivity contribution in [3.05, 3.63) is 64.4 Å². The summed E-state index contributed by atoms with van der Waals surface area (Å²) >= 11 is 0. The zero-order valence-electron chi connectivity index (χ0n) is 28.8. The molecule has 0 spiro atoms. The Hall–Kier alpha value is -4.84. The summed E-state index contributed by atoms with van der Waals surface area (Å²) in [5.74, 6) is -1.30. The topological polar surface area (TPSA) is 251 Å². The van der Waals surface area contributed by atoms with E-state index in [0.29, 0.717) is 56.2 Å². The molecule has 16 nitrogen and oxygen atoms in total. The molecule has 4 aromatic rings. The number of hydrogen-bond donors (Lipinski definition) is 9. The number of nitrogens with two attached hydrogens (primary N) is 1. The van der Waals surface area contributed by atoms with Gasteiger partial charge in [-0.25, -0.2) is 4.79 Å². The molecule has 2 saturated heterocycles. The Morgan fingerprint density at radius 3 is 2.49 bits per heavy atom. The van der Waals surface area contributed by atoms with E-state index in [1.54, 1.807) is 30.3 Å². The van der Waals surface area contributed by atoms with Crippen LogP contribution in [0.3, 0.4) is 0 Å². The number of nitrogen functional groups attached to an aromatic ring is 1. The van der Waals surface area contributed by atoms with Gasteiger partial charge in [0.1, 0.15) is 46.1 Å². The second-order valence-electron chi connectivity index (χ2n) is 13.8. The number of carboxylic acids is 1. The Morgan fingerprint density at radius 1 is 1.04 bits per heavy atom. The first kappa shape index (κ1) is 36.5. The predicted molar refractivity (Wildman–Crippen MR) is 190 cm³/mol. The van der Waals surface area contributed by atoms with Crippen LogP contribution in [-0.4, -0.2) is 98.7 Å². The number of carbonyl (C=O) groups is 1. The van der Waals surface area contributed by atoms with Gasteiger partial charge in [0.15, 0.2) is 23.0 Å². The molecule has 6 atom stereocenters. The van der Waals surface area contributed by atoms with E-state index in [4.69, 9.17) is 29.1 Å². The van der Waals surface area contributed by atoms with E-state index in [-0.39, 0.29) is 40.8 Å². The SMILES string of the molecule is Nc1ccc(CCOc2ccc(-c3cc(=O)c4c(O)c(OC5CCCCC5)c(O[C@@H]5O[C@H](C(=O)O)[C@](O)(C[C@@H]6CNCN6)[C@@H](O)[C@H]5O)cc4o3)cc2)[nH]1. The van der Waals surface area contributed by atoms with Crippen molar-refractivity contribution in [2.45, 2.75) is 87.3 Å². The number of aliphatic hydroxyl groups excluding tert-OH is 2. The fourth-order valence-electron chi connectivity index (χ4n) is 7.28. The number of hydrogen-bond acceptors (Lipinski definition) is 14. The van der Waals surface area contributed by atoms with Gasteiger partial charge in [-0.1, -0.05) is 6.42 Å². The summed E-state index contributed by atoms with van der Waals surface area (Å²) < 4.78 is 29.9. The van der Waals surface area contributed by atoms with Gasteiger partial charge in [0.2, 0.25) is 12.0 Å². The molecular weight excluding hydrogens is 692 g/mol. The average Bonchev–Trinajstić information content (AvgIpc) is 3.81. The molecule has 53 heavy (non-hydrogen) atoms. The number of rotatable bonds is 12. The fourth-order valence-corrected chi connectivity index (χ4v) is 7.28. The van der Waals surface area contributed by atoms with Crippen LogP contribution in [0.4, 0.5) is 5.82 Å². The Labute approximate surface area is 303 Å². The molecule has 284 valence electrons. The molecule has 3 aliphatic rings. The van der Waals surface area contributed by atoms with Gasteiger partial charge in [0.25, 0.3) is 0 Å². The Balaban J connectivity index is 1.18. The number of phenolic OH excluding ortho intramolecular Hbond substituents is 1. The lowest BCUT2D eigenvalue weighted by molar-refractivity contribution is -0.307. The van der Waals surface area contributed by atoms with Crippen LogP contribution in [-0.2, 0) is 16.0 Å². The van der Waals surface area contributed by atoms with Gasteiger partial charge in [-0.3, -0.25) is 4.79 Å². The number of anilines is 1. The number of aliphatic carboxylic acids is 1. The van der Waals surface area contributed by atoms with Crippen LogP contribution in [0.15, 0.2) is 57.7 Å². The first-order valence-electron chi connectivity index (χ1n) is 17.7. The van der Waals surface area contributed by atoms with Gasteiger partial charge in [0, 0.05) is 49.1 Å². The molecule has 3 fully saturated rings. The van der Waals surface area contributed by atoms with E-state index in [2.05, 4.69) is 15.6 Å². The van der Waals surface area contributed by atoms with Crippen molar-refractivity contribution in [2.24, 2.45) is 0 Å². The van der Waals surface area contributed by atoms with Crippen molar-refractivity contribution in [1.82, 2.24) is 15.6 Å². The third-order valence-electron chi connectivity index (χ3n) is 10.1. The normalized spacial score (nSPS) is 26.4. The highest BCUT2D eigenvalue weighted by Crippen LogP contribution is 2.46. The Morgan fingerprint density at radius 2 is 1.81 bits per heavy atom. The van der Waals surface area contributed by atoms with Crippen molar-refractivity contribution < 1.29 is 53.7 Å². The van der Waals surface area contributed by atoms with Gasteiger partial charge in [-0.05, 0) is 68.5 Å². The van der Waals surface area contributed by atoms with Gasteiger partial charge in [-0.15, -0.1) is 0 Å². The highest BCUT2D eigenvalue weighted by molar-refractivity contribution is 5.89. The van der Waals surface area contributed by atoms with Crippen LogP contribution in [0.25, 0.3) is 22.3 Å². The first-order valence-corrected chi connectivity index (χ1v) is 17.7. The van der Waals surface area contributed by atoms with E-state index in [0.717, 1.165) is 25.0 Å². The molecule has 0 unspecified atom stereocenters. The third-order valence-corrected chi connectivity index (χ3v) is 10.1. The monoisotopic (exact) mass is 736 g/mol. The molecular formula is C37H44N4O12. The summed E-state index contributed by atoms with van der Waals surface area (Å²) in [6.45, 7) is 1.21. The van der Waals surface area contributed by atoms with Crippen LogP contribution in [0.5, 0.6) is 23.0 Å². The van der Waals surface area contributed by atoms with Crippen LogP contribution >= 0.6 is 0 Å². The van der Waals surface area contributed by atoms with Crippen LogP contribution in [0.2, 0.25) is 0 Å². The molecule has 0 bridgehead atoms. The van der Waals surface area contributed by atoms with E-state index >= 15 is 0 Å². The Bertz CT molecular complexity index is 1970. The maximum atomic E-state index is 13.6. The number of H-pyrrole nitrogens is 1. The minimum absolute atomic E-state index is 0.0986. The molecule has 0 amide bonds. The Kier molecular flexibility index (Phi) is 10.5. The maximum Gasteiger partial charge on any atom is 0.336 e. The molecule has 2 aliphatic heterocycles. The molecule has 2 aromatic carbocycles. The van der Waals surface area contributed by atoms with Crippen molar-refractivity contribution >= 4 is 22.8 Å². The molecule has 10 N–H and O–H groups in total. The van der Waals surface area contributed by atoms with Gasteiger partial charge < -0.3 is 70.2 Å². The summed E-state index contributed by atoms with van der Waals surface area (Å²) in [6.07, 6.45) is -3.65. The highest BCUT2D eigenvalue weighted by Gasteiger charge is 2.59. The molecule has 1 aliphatic carbocycles. The zero-order valence-corrected chi connectivity index (χ0v) is 28.8. The van der Waals surface area contributed by atoms with Crippen LogP contribution < -0.4 is 36.0 Å². The van der Waals surface area contributed by atoms with E-state index in [9.17, 15) is 35.1 Å².